The zero-order chi connectivity index (χ0) is 24.8. The van der Waals surface area contributed by atoms with Gasteiger partial charge in [0, 0.05) is 18.5 Å². The van der Waals surface area contributed by atoms with Crippen LogP contribution < -0.4 is 5.32 Å². The summed E-state index contributed by atoms with van der Waals surface area (Å²) in [5, 5.41) is 12.1. The number of hydrogen-bond acceptors (Lipinski definition) is 4. The summed E-state index contributed by atoms with van der Waals surface area (Å²) in [4.78, 5) is 39.2. The van der Waals surface area contributed by atoms with Gasteiger partial charge in [-0.2, -0.15) is 0 Å². The maximum Gasteiger partial charge on any atom is 0.407 e. The number of carbonyl (C=O) groups is 3. The summed E-state index contributed by atoms with van der Waals surface area (Å²) in [6.07, 6.45) is 3.88. The fourth-order valence-corrected chi connectivity index (χ4v) is 5.35. The molecule has 1 heterocycles. The van der Waals surface area contributed by atoms with Crippen LogP contribution in [0.3, 0.4) is 0 Å². The third kappa shape index (κ3) is 5.66. The first-order valence-corrected chi connectivity index (χ1v) is 12.6. The molecule has 1 aliphatic carbocycles. The Hall–Kier alpha value is -3.35. The number of likely N-dealkylation sites (tertiary alicyclic amines) is 1. The predicted octanol–water partition coefficient (Wildman–Crippen LogP) is 4.94. The van der Waals surface area contributed by atoms with Gasteiger partial charge in [0.05, 0.1) is 6.42 Å². The van der Waals surface area contributed by atoms with Crippen LogP contribution in [0.15, 0.2) is 48.5 Å². The summed E-state index contributed by atoms with van der Waals surface area (Å²) in [7, 11) is 0. The van der Waals surface area contributed by atoms with E-state index in [-0.39, 0.29) is 30.9 Å². The van der Waals surface area contributed by atoms with Gasteiger partial charge >= 0.3 is 12.1 Å². The van der Waals surface area contributed by atoms with Crippen molar-refractivity contribution >= 4 is 18.0 Å². The first-order valence-electron chi connectivity index (χ1n) is 12.6. The van der Waals surface area contributed by atoms with Crippen LogP contribution in [0, 0.1) is 0 Å². The topological polar surface area (TPSA) is 95.9 Å². The van der Waals surface area contributed by atoms with Crippen molar-refractivity contribution in [3.63, 3.8) is 0 Å². The molecule has 1 aliphatic heterocycles. The fourth-order valence-electron chi connectivity index (χ4n) is 5.35. The lowest BCUT2D eigenvalue weighted by Gasteiger charge is -2.37. The van der Waals surface area contributed by atoms with Crippen LogP contribution >= 0.6 is 0 Å². The Morgan fingerprint density at radius 3 is 2.34 bits per heavy atom. The van der Waals surface area contributed by atoms with Crippen molar-refractivity contribution in [3.05, 3.63) is 59.7 Å². The average Bonchev–Trinajstić information content (AvgIpc) is 3.18. The van der Waals surface area contributed by atoms with Gasteiger partial charge in [-0.15, -0.1) is 0 Å². The van der Waals surface area contributed by atoms with Crippen molar-refractivity contribution in [2.24, 2.45) is 0 Å². The SMILES string of the molecule is CCCCC(NC(=O)OCC1c2ccccc2-c2ccccc21)C(=O)N1CCCC[C@H]1CC(=O)O. The number of rotatable bonds is 9. The molecule has 7 nitrogen and oxygen atoms in total. The summed E-state index contributed by atoms with van der Waals surface area (Å²) in [6, 6.07) is 15.2. The van der Waals surface area contributed by atoms with Gasteiger partial charge in [-0.05, 0) is 47.9 Å². The highest BCUT2D eigenvalue weighted by molar-refractivity contribution is 5.86. The van der Waals surface area contributed by atoms with Gasteiger partial charge in [0.2, 0.25) is 5.91 Å². The minimum absolute atomic E-state index is 0.0556. The molecule has 186 valence electrons. The van der Waals surface area contributed by atoms with Crippen LogP contribution in [0.1, 0.15) is 68.9 Å². The highest BCUT2D eigenvalue weighted by atomic mass is 16.5. The number of nitrogens with zero attached hydrogens (tertiary/aromatic N) is 1. The number of alkyl carbamates (subject to hydrolysis) is 1. The molecule has 0 radical (unpaired) electrons. The van der Waals surface area contributed by atoms with Crippen LogP contribution in [0.25, 0.3) is 11.1 Å². The van der Waals surface area contributed by atoms with Gasteiger partial charge in [-0.25, -0.2) is 4.79 Å². The Morgan fingerprint density at radius 1 is 1.06 bits per heavy atom. The van der Waals surface area contributed by atoms with Crippen molar-refractivity contribution in [2.75, 3.05) is 13.2 Å². The van der Waals surface area contributed by atoms with Crippen LogP contribution in [-0.4, -0.2) is 53.2 Å². The quantitative estimate of drug-likeness (QED) is 0.532. The van der Waals surface area contributed by atoms with Gasteiger partial charge in [0.1, 0.15) is 12.6 Å². The van der Waals surface area contributed by atoms with E-state index >= 15 is 0 Å². The summed E-state index contributed by atoms with van der Waals surface area (Å²) in [6.45, 7) is 2.73. The second kappa shape index (κ2) is 11.4. The molecule has 7 heteroatoms. The number of carbonyl (C=O) groups excluding carboxylic acids is 2. The zero-order valence-electron chi connectivity index (χ0n) is 20.2. The Morgan fingerprint density at radius 2 is 1.71 bits per heavy atom. The number of unbranched alkanes of at least 4 members (excludes halogenated alkanes) is 1. The molecule has 2 N–H and O–H groups in total. The second-order valence-electron chi connectivity index (χ2n) is 9.44. The van der Waals surface area contributed by atoms with Gasteiger partial charge in [0.25, 0.3) is 0 Å². The molecule has 1 saturated heterocycles. The molecule has 2 amide bonds. The van der Waals surface area contributed by atoms with E-state index in [0.29, 0.717) is 19.4 Å². The zero-order valence-corrected chi connectivity index (χ0v) is 20.2. The van der Waals surface area contributed by atoms with E-state index in [1.807, 2.05) is 31.2 Å². The number of piperidine rings is 1. The molecule has 2 atom stereocenters. The fraction of sp³-hybridized carbons (Fsp3) is 0.464. The van der Waals surface area contributed by atoms with Crippen molar-refractivity contribution < 1.29 is 24.2 Å². The molecular formula is C28H34N2O5. The van der Waals surface area contributed by atoms with E-state index < -0.39 is 18.1 Å². The number of amides is 2. The maximum atomic E-state index is 13.4. The Bertz CT molecular complexity index is 1020. The lowest BCUT2D eigenvalue weighted by atomic mass is 9.97. The molecule has 1 unspecified atom stereocenters. The number of aliphatic carboxylic acids is 1. The smallest absolute Gasteiger partial charge is 0.407 e. The van der Waals surface area contributed by atoms with Gasteiger partial charge in [-0.1, -0.05) is 68.3 Å². The third-order valence-electron chi connectivity index (χ3n) is 7.10. The molecule has 0 bridgehead atoms. The number of carboxylic acids is 1. The van der Waals surface area contributed by atoms with Crippen LogP contribution in [0.4, 0.5) is 4.79 Å². The van der Waals surface area contributed by atoms with Gasteiger partial charge in [0.15, 0.2) is 0 Å². The summed E-state index contributed by atoms with van der Waals surface area (Å²) < 4.78 is 5.66. The van der Waals surface area contributed by atoms with Crippen molar-refractivity contribution in [3.8, 4) is 11.1 Å². The molecule has 4 rings (SSSR count). The summed E-state index contributed by atoms with van der Waals surface area (Å²) in [5.74, 6) is -1.18. The number of carboxylic acid groups (broad SMARTS) is 1. The van der Waals surface area contributed by atoms with E-state index in [9.17, 15) is 19.5 Å². The number of hydrogen-bond donors (Lipinski definition) is 2. The van der Waals surface area contributed by atoms with Gasteiger partial charge < -0.3 is 20.1 Å². The lowest BCUT2D eigenvalue weighted by Crippen LogP contribution is -2.54. The Balaban J connectivity index is 1.43. The first-order chi connectivity index (χ1) is 17.0. The maximum absolute atomic E-state index is 13.4. The molecule has 2 aliphatic rings. The van der Waals surface area contributed by atoms with Crippen molar-refractivity contribution in [1.29, 1.82) is 0 Å². The summed E-state index contributed by atoms with van der Waals surface area (Å²) >= 11 is 0. The van der Waals surface area contributed by atoms with Crippen LogP contribution in [0.5, 0.6) is 0 Å². The molecule has 35 heavy (non-hydrogen) atoms. The number of benzene rings is 2. The van der Waals surface area contributed by atoms with Crippen LogP contribution in [-0.2, 0) is 14.3 Å². The van der Waals surface area contributed by atoms with E-state index in [1.165, 1.54) is 0 Å². The molecule has 2 aromatic carbocycles. The minimum atomic E-state index is -0.913. The van der Waals surface area contributed by atoms with Crippen molar-refractivity contribution in [2.45, 2.75) is 69.9 Å². The Labute approximate surface area is 206 Å². The van der Waals surface area contributed by atoms with E-state index in [1.54, 1.807) is 4.90 Å². The molecule has 0 saturated carbocycles. The summed E-state index contributed by atoms with van der Waals surface area (Å²) in [5.41, 5.74) is 4.57. The number of ether oxygens (including phenoxy) is 1. The molecular weight excluding hydrogens is 444 g/mol. The first kappa shape index (κ1) is 24.8. The normalized spacial score (nSPS) is 17.9. The lowest BCUT2D eigenvalue weighted by molar-refractivity contribution is -0.143. The van der Waals surface area contributed by atoms with Crippen LogP contribution in [0.2, 0.25) is 0 Å². The standard InChI is InChI=1S/C28H34N2O5/c1-2-3-15-25(27(33)30-16-9-8-10-19(30)17-26(31)32)29-28(34)35-18-24-22-13-6-4-11-20(22)21-12-5-7-14-23(21)24/h4-7,11-14,19,24-25H,2-3,8-10,15-18H2,1H3,(H,29,34)(H,31,32)/t19-,25?/m0/s1. The van der Waals surface area contributed by atoms with E-state index in [0.717, 1.165) is 47.9 Å². The molecule has 2 aromatic rings. The van der Waals surface area contributed by atoms with E-state index in [4.69, 9.17) is 4.74 Å². The largest absolute Gasteiger partial charge is 0.481 e. The number of fused-ring (bicyclic) bond motifs is 3. The minimum Gasteiger partial charge on any atom is -0.481 e. The number of nitrogens with one attached hydrogen (secondary N) is 1. The highest BCUT2D eigenvalue weighted by Gasteiger charge is 2.34. The third-order valence-corrected chi connectivity index (χ3v) is 7.10. The predicted molar refractivity (Wildman–Crippen MR) is 133 cm³/mol. The Kier molecular flexibility index (Phi) is 8.06. The average molecular weight is 479 g/mol. The monoisotopic (exact) mass is 478 g/mol. The van der Waals surface area contributed by atoms with Crippen molar-refractivity contribution in [1.82, 2.24) is 10.2 Å². The van der Waals surface area contributed by atoms with Gasteiger partial charge in [-0.3, -0.25) is 9.59 Å². The molecule has 0 aromatic heterocycles. The second-order valence-corrected chi connectivity index (χ2v) is 9.44. The van der Waals surface area contributed by atoms with E-state index in [2.05, 4.69) is 29.6 Å². The molecule has 0 spiro atoms. The molecule has 1 fully saturated rings. The highest BCUT2D eigenvalue weighted by Crippen LogP contribution is 2.44.